The Balaban J connectivity index is 1.40. The van der Waals surface area contributed by atoms with Crippen molar-refractivity contribution in [2.75, 3.05) is 0 Å². The van der Waals surface area contributed by atoms with Crippen molar-refractivity contribution in [3.8, 4) is 0 Å². The van der Waals surface area contributed by atoms with E-state index in [1.165, 1.54) is 18.2 Å². The molecule has 1 heterocycles. The number of carboxylic acids is 1. The van der Waals surface area contributed by atoms with Crippen LogP contribution in [0.4, 0.5) is 13.6 Å². The van der Waals surface area contributed by atoms with Crippen molar-refractivity contribution in [3.05, 3.63) is 70.4 Å². The van der Waals surface area contributed by atoms with Gasteiger partial charge in [-0.15, -0.1) is 0 Å². The molecule has 3 N–H and O–H groups in total. The second-order valence-corrected chi connectivity index (χ2v) is 9.11. The van der Waals surface area contributed by atoms with Crippen LogP contribution in [0.3, 0.4) is 0 Å². The monoisotopic (exact) mass is 469 g/mol. The van der Waals surface area contributed by atoms with Gasteiger partial charge >= 0.3 is 12.0 Å². The van der Waals surface area contributed by atoms with Crippen LogP contribution in [0.15, 0.2) is 36.4 Å². The number of hydrogen-bond acceptors (Lipinski definition) is 2. The molecule has 1 aliphatic rings. The first-order chi connectivity index (χ1) is 16.2. The van der Waals surface area contributed by atoms with E-state index in [-0.39, 0.29) is 42.7 Å². The Kier molecular flexibility index (Phi) is 6.86. The number of urea groups is 1. The van der Waals surface area contributed by atoms with Gasteiger partial charge in [-0.2, -0.15) is 0 Å². The van der Waals surface area contributed by atoms with E-state index in [1.807, 2.05) is 13.8 Å². The molecule has 34 heavy (non-hydrogen) atoms. The third-order valence-corrected chi connectivity index (χ3v) is 6.75. The number of halogens is 2. The van der Waals surface area contributed by atoms with Crippen LogP contribution in [-0.2, 0) is 17.9 Å². The van der Waals surface area contributed by atoms with Crippen molar-refractivity contribution in [1.29, 1.82) is 0 Å². The van der Waals surface area contributed by atoms with Gasteiger partial charge in [0, 0.05) is 34.7 Å². The minimum absolute atomic E-state index is 0.0106. The van der Waals surface area contributed by atoms with E-state index >= 15 is 0 Å². The van der Waals surface area contributed by atoms with Crippen LogP contribution in [0.1, 0.15) is 54.0 Å². The second kappa shape index (κ2) is 9.83. The van der Waals surface area contributed by atoms with Gasteiger partial charge in [0.25, 0.3) is 0 Å². The van der Waals surface area contributed by atoms with E-state index in [9.17, 15) is 23.5 Å². The molecular weight excluding hydrogens is 440 g/mol. The van der Waals surface area contributed by atoms with Crippen LogP contribution in [0, 0.1) is 25.5 Å². The Morgan fingerprint density at radius 3 is 2.47 bits per heavy atom. The quantitative estimate of drug-likeness (QED) is 0.467. The Hall–Kier alpha value is -3.42. The number of nitrogens with one attached hydrogen (secondary N) is 2. The molecule has 1 aliphatic carbocycles. The lowest BCUT2D eigenvalue weighted by molar-refractivity contribution is -0.137. The highest BCUT2D eigenvalue weighted by molar-refractivity contribution is 5.87. The van der Waals surface area contributed by atoms with Gasteiger partial charge < -0.3 is 20.3 Å². The first kappa shape index (κ1) is 23.7. The molecule has 8 heteroatoms. The SMILES string of the molecule is Cc1ccc(CNC(=O)NC2CCC(c3c(C)n(CC(=O)O)c4ccc(F)cc34)CC2)c(F)c1. The highest BCUT2D eigenvalue weighted by atomic mass is 19.1. The molecule has 2 aromatic carbocycles. The normalized spacial score (nSPS) is 18.1. The van der Waals surface area contributed by atoms with Crippen LogP contribution >= 0.6 is 0 Å². The molecule has 0 spiro atoms. The first-order valence-corrected chi connectivity index (χ1v) is 11.5. The molecule has 1 saturated carbocycles. The van der Waals surface area contributed by atoms with E-state index in [0.29, 0.717) is 5.56 Å². The zero-order valence-electron chi connectivity index (χ0n) is 19.3. The number of nitrogens with zero attached hydrogens (tertiary/aromatic N) is 1. The molecule has 0 radical (unpaired) electrons. The molecule has 2 amide bonds. The van der Waals surface area contributed by atoms with Crippen molar-refractivity contribution in [3.63, 3.8) is 0 Å². The first-order valence-electron chi connectivity index (χ1n) is 11.5. The Bertz CT molecular complexity index is 1230. The maximum absolute atomic E-state index is 14.0. The summed E-state index contributed by atoms with van der Waals surface area (Å²) >= 11 is 0. The highest BCUT2D eigenvalue weighted by Gasteiger charge is 2.28. The molecule has 0 unspecified atom stereocenters. The maximum atomic E-state index is 14.0. The second-order valence-electron chi connectivity index (χ2n) is 9.11. The number of hydrogen-bond donors (Lipinski definition) is 3. The van der Waals surface area contributed by atoms with Crippen molar-refractivity contribution in [1.82, 2.24) is 15.2 Å². The topological polar surface area (TPSA) is 83.4 Å². The Morgan fingerprint density at radius 1 is 1.06 bits per heavy atom. The molecule has 0 bridgehead atoms. The number of aliphatic carboxylic acids is 1. The summed E-state index contributed by atoms with van der Waals surface area (Å²) in [6.07, 6.45) is 3.08. The van der Waals surface area contributed by atoms with Crippen LogP contribution in [-0.4, -0.2) is 27.7 Å². The smallest absolute Gasteiger partial charge is 0.323 e. The minimum Gasteiger partial charge on any atom is -0.480 e. The van der Waals surface area contributed by atoms with Gasteiger partial charge in [-0.05, 0) is 80.8 Å². The fourth-order valence-corrected chi connectivity index (χ4v) is 5.07. The average molecular weight is 470 g/mol. The van der Waals surface area contributed by atoms with Crippen molar-refractivity contribution < 1.29 is 23.5 Å². The zero-order valence-corrected chi connectivity index (χ0v) is 19.3. The van der Waals surface area contributed by atoms with E-state index in [1.54, 1.807) is 22.8 Å². The van der Waals surface area contributed by atoms with Crippen LogP contribution in [0.2, 0.25) is 0 Å². The third kappa shape index (κ3) is 5.05. The number of benzene rings is 2. The van der Waals surface area contributed by atoms with Crippen molar-refractivity contribution in [2.24, 2.45) is 0 Å². The van der Waals surface area contributed by atoms with Gasteiger partial charge in [-0.1, -0.05) is 12.1 Å². The van der Waals surface area contributed by atoms with E-state index in [2.05, 4.69) is 10.6 Å². The summed E-state index contributed by atoms with van der Waals surface area (Å²) in [5, 5.41) is 15.8. The average Bonchev–Trinajstić information content (AvgIpc) is 3.04. The number of aryl methyl sites for hydroxylation is 1. The van der Waals surface area contributed by atoms with Gasteiger partial charge in [0.1, 0.15) is 18.2 Å². The van der Waals surface area contributed by atoms with E-state index in [0.717, 1.165) is 53.4 Å². The summed E-state index contributed by atoms with van der Waals surface area (Å²) < 4.78 is 29.7. The molecule has 0 atom stereocenters. The van der Waals surface area contributed by atoms with Crippen LogP contribution < -0.4 is 10.6 Å². The lowest BCUT2D eigenvalue weighted by Gasteiger charge is -2.29. The Labute approximate surface area is 197 Å². The summed E-state index contributed by atoms with van der Waals surface area (Å²) in [6, 6.07) is 9.05. The molecule has 4 rings (SSSR count). The summed E-state index contributed by atoms with van der Waals surface area (Å²) in [5.41, 5.74) is 3.82. The largest absolute Gasteiger partial charge is 0.480 e. The summed E-state index contributed by atoms with van der Waals surface area (Å²) in [5.74, 6) is -1.48. The van der Waals surface area contributed by atoms with Crippen LogP contribution in [0.25, 0.3) is 10.9 Å². The fourth-order valence-electron chi connectivity index (χ4n) is 5.07. The number of carbonyl (C=O) groups is 2. The lowest BCUT2D eigenvalue weighted by Crippen LogP contribution is -2.43. The number of rotatable bonds is 6. The lowest BCUT2D eigenvalue weighted by atomic mass is 9.80. The maximum Gasteiger partial charge on any atom is 0.323 e. The van der Waals surface area contributed by atoms with Gasteiger partial charge in [0.2, 0.25) is 0 Å². The molecule has 0 aliphatic heterocycles. The van der Waals surface area contributed by atoms with E-state index in [4.69, 9.17) is 0 Å². The van der Waals surface area contributed by atoms with Crippen molar-refractivity contribution in [2.45, 2.75) is 64.6 Å². The van der Waals surface area contributed by atoms with Crippen LogP contribution in [0.5, 0.6) is 0 Å². The van der Waals surface area contributed by atoms with Gasteiger partial charge in [0.05, 0.1) is 0 Å². The third-order valence-electron chi connectivity index (χ3n) is 6.75. The number of fused-ring (bicyclic) bond motifs is 1. The summed E-state index contributed by atoms with van der Waals surface area (Å²) in [6.45, 7) is 3.64. The summed E-state index contributed by atoms with van der Waals surface area (Å²) in [4.78, 5) is 23.7. The molecule has 1 fully saturated rings. The molecule has 3 aromatic rings. The summed E-state index contributed by atoms with van der Waals surface area (Å²) in [7, 11) is 0. The van der Waals surface area contributed by atoms with E-state index < -0.39 is 5.97 Å². The van der Waals surface area contributed by atoms with Gasteiger partial charge in [-0.3, -0.25) is 4.79 Å². The van der Waals surface area contributed by atoms with Gasteiger partial charge in [-0.25, -0.2) is 13.6 Å². The molecule has 0 saturated heterocycles. The Morgan fingerprint density at radius 2 is 1.79 bits per heavy atom. The van der Waals surface area contributed by atoms with Gasteiger partial charge in [0.15, 0.2) is 0 Å². The molecule has 180 valence electrons. The van der Waals surface area contributed by atoms with Crippen molar-refractivity contribution >= 4 is 22.9 Å². The predicted molar refractivity (Wildman–Crippen MR) is 126 cm³/mol. The zero-order chi connectivity index (χ0) is 24.4. The number of carboxylic acid groups (broad SMARTS) is 1. The molecule has 1 aromatic heterocycles. The minimum atomic E-state index is -0.944. The number of carbonyl (C=O) groups excluding carboxylic acids is 1. The molecular formula is C26H29F2N3O3. The predicted octanol–water partition coefficient (Wildman–Crippen LogP) is 5.15. The standard InChI is InChI=1S/C26H29F2N3O3/c1-15-3-4-18(22(28)11-15)13-29-26(34)30-20-8-5-17(6-9-20)25-16(2)31(14-24(32)33)23-10-7-19(27)12-21(23)25/h3-4,7,10-12,17,20H,5-6,8-9,13-14H2,1-2H3,(H,32,33)(H2,29,30,34). The number of aromatic nitrogens is 1. The molecule has 6 nitrogen and oxygen atoms in total. The fraction of sp³-hybridized carbons (Fsp3) is 0.385. The number of amides is 2. The highest BCUT2D eigenvalue weighted by Crippen LogP contribution is 2.40.